The highest BCUT2D eigenvalue weighted by Crippen LogP contribution is 2.24. The molecule has 4 nitrogen and oxygen atoms in total. The van der Waals surface area contributed by atoms with Crippen LogP contribution in [0.5, 0.6) is 0 Å². The van der Waals surface area contributed by atoms with E-state index in [2.05, 4.69) is 41.0 Å². The zero-order valence-electron chi connectivity index (χ0n) is 12.9. The Bertz CT molecular complexity index is 645. The van der Waals surface area contributed by atoms with Crippen LogP contribution in [0, 0.1) is 0 Å². The minimum Gasteiger partial charge on any atom is -0.370 e. The molecule has 1 aromatic heterocycles. The summed E-state index contributed by atoms with van der Waals surface area (Å²) in [6.45, 7) is 4.89. The van der Waals surface area contributed by atoms with Crippen LogP contribution in [0.15, 0.2) is 29.4 Å². The number of aryl methyl sites for hydroxylation is 1. The number of nitrogens with one attached hydrogen (secondary N) is 1. The van der Waals surface area contributed by atoms with Crippen LogP contribution in [-0.4, -0.2) is 23.1 Å². The second-order valence-electron chi connectivity index (χ2n) is 5.40. The van der Waals surface area contributed by atoms with Gasteiger partial charge >= 0.3 is 0 Å². The summed E-state index contributed by atoms with van der Waals surface area (Å²) in [6, 6.07) is 6.34. The van der Waals surface area contributed by atoms with Crippen molar-refractivity contribution in [2.45, 2.75) is 32.7 Å². The zero-order chi connectivity index (χ0) is 15.4. The van der Waals surface area contributed by atoms with E-state index in [0.29, 0.717) is 18.5 Å². The lowest BCUT2D eigenvalue weighted by atomic mass is 10.1. The SMILES string of the molecule is CCC(C)NC(N)=NCCc1cn(C)c2cc(Cl)ccc12. The molecule has 0 aliphatic carbocycles. The van der Waals surface area contributed by atoms with E-state index in [1.807, 2.05) is 19.2 Å². The van der Waals surface area contributed by atoms with Gasteiger partial charge in [0.15, 0.2) is 5.96 Å². The number of hydrogen-bond donors (Lipinski definition) is 2. The van der Waals surface area contributed by atoms with Gasteiger partial charge in [-0.1, -0.05) is 24.6 Å². The van der Waals surface area contributed by atoms with Crippen LogP contribution >= 0.6 is 11.6 Å². The molecule has 0 saturated carbocycles. The molecule has 1 heterocycles. The topological polar surface area (TPSA) is 55.3 Å². The van der Waals surface area contributed by atoms with E-state index in [1.54, 1.807) is 0 Å². The van der Waals surface area contributed by atoms with E-state index >= 15 is 0 Å². The molecule has 1 atom stereocenters. The average molecular weight is 307 g/mol. The van der Waals surface area contributed by atoms with E-state index in [9.17, 15) is 0 Å². The van der Waals surface area contributed by atoms with Crippen molar-refractivity contribution in [3.05, 3.63) is 35.0 Å². The van der Waals surface area contributed by atoms with Crippen LogP contribution in [0.4, 0.5) is 0 Å². The number of nitrogens with zero attached hydrogens (tertiary/aromatic N) is 2. The van der Waals surface area contributed by atoms with Crippen LogP contribution in [-0.2, 0) is 13.5 Å². The largest absolute Gasteiger partial charge is 0.370 e. The molecule has 5 heteroatoms. The first-order valence-corrected chi connectivity index (χ1v) is 7.69. The van der Waals surface area contributed by atoms with Crippen LogP contribution in [0.3, 0.4) is 0 Å². The van der Waals surface area contributed by atoms with Gasteiger partial charge in [-0.15, -0.1) is 0 Å². The molecule has 114 valence electrons. The quantitative estimate of drug-likeness (QED) is 0.659. The van der Waals surface area contributed by atoms with Gasteiger partial charge in [0.1, 0.15) is 0 Å². The fourth-order valence-corrected chi connectivity index (χ4v) is 2.50. The molecule has 1 unspecified atom stereocenters. The molecule has 0 bridgehead atoms. The van der Waals surface area contributed by atoms with E-state index in [0.717, 1.165) is 23.4 Å². The maximum absolute atomic E-state index is 6.05. The Morgan fingerprint density at radius 3 is 2.95 bits per heavy atom. The van der Waals surface area contributed by atoms with Gasteiger partial charge in [-0.25, -0.2) is 0 Å². The fourth-order valence-electron chi connectivity index (χ4n) is 2.34. The molecule has 1 aromatic carbocycles. The summed E-state index contributed by atoms with van der Waals surface area (Å²) in [5, 5.41) is 5.16. The Morgan fingerprint density at radius 2 is 2.24 bits per heavy atom. The van der Waals surface area contributed by atoms with Crippen molar-refractivity contribution >= 4 is 28.5 Å². The summed E-state index contributed by atoms with van der Waals surface area (Å²) in [6.07, 6.45) is 4.02. The summed E-state index contributed by atoms with van der Waals surface area (Å²) in [4.78, 5) is 4.39. The number of rotatable bonds is 5. The van der Waals surface area contributed by atoms with Crippen molar-refractivity contribution in [1.82, 2.24) is 9.88 Å². The van der Waals surface area contributed by atoms with Gasteiger partial charge in [0, 0.05) is 41.8 Å². The maximum Gasteiger partial charge on any atom is 0.188 e. The zero-order valence-corrected chi connectivity index (χ0v) is 13.6. The van der Waals surface area contributed by atoms with Gasteiger partial charge in [0.2, 0.25) is 0 Å². The second-order valence-corrected chi connectivity index (χ2v) is 5.83. The van der Waals surface area contributed by atoms with Crippen LogP contribution in [0.25, 0.3) is 10.9 Å². The third-order valence-corrected chi connectivity index (χ3v) is 3.94. The summed E-state index contributed by atoms with van der Waals surface area (Å²) in [5.74, 6) is 0.521. The van der Waals surface area contributed by atoms with Gasteiger partial charge < -0.3 is 15.6 Å². The van der Waals surface area contributed by atoms with Gasteiger partial charge in [-0.2, -0.15) is 0 Å². The third kappa shape index (κ3) is 3.91. The van der Waals surface area contributed by atoms with Crippen molar-refractivity contribution in [1.29, 1.82) is 0 Å². The molecule has 0 fully saturated rings. The Labute approximate surface area is 131 Å². The number of halogens is 1. The molecular weight excluding hydrogens is 284 g/mol. The molecule has 2 aromatic rings. The molecule has 0 saturated heterocycles. The number of hydrogen-bond acceptors (Lipinski definition) is 1. The molecule has 0 aliphatic rings. The van der Waals surface area contributed by atoms with Crippen LogP contribution in [0.2, 0.25) is 5.02 Å². The summed E-state index contributed by atoms with van der Waals surface area (Å²) in [7, 11) is 2.03. The minimum atomic E-state index is 0.355. The molecule has 2 rings (SSSR count). The van der Waals surface area contributed by atoms with Crippen molar-refractivity contribution < 1.29 is 0 Å². The monoisotopic (exact) mass is 306 g/mol. The number of benzene rings is 1. The lowest BCUT2D eigenvalue weighted by Gasteiger charge is -2.11. The Morgan fingerprint density at radius 1 is 1.48 bits per heavy atom. The van der Waals surface area contributed by atoms with E-state index < -0.39 is 0 Å². The van der Waals surface area contributed by atoms with Crippen LogP contribution < -0.4 is 11.1 Å². The van der Waals surface area contributed by atoms with Crippen LogP contribution in [0.1, 0.15) is 25.8 Å². The van der Waals surface area contributed by atoms with E-state index in [-0.39, 0.29) is 0 Å². The van der Waals surface area contributed by atoms with Crippen molar-refractivity contribution in [2.24, 2.45) is 17.8 Å². The lowest BCUT2D eigenvalue weighted by molar-refractivity contribution is 0.636. The Kier molecular flexibility index (Phi) is 5.12. The summed E-state index contributed by atoms with van der Waals surface area (Å²) < 4.78 is 2.10. The van der Waals surface area contributed by atoms with Gasteiger partial charge in [0.25, 0.3) is 0 Å². The molecule has 0 amide bonds. The predicted octanol–water partition coefficient (Wildman–Crippen LogP) is 3.08. The van der Waals surface area contributed by atoms with Crippen molar-refractivity contribution in [3.63, 3.8) is 0 Å². The average Bonchev–Trinajstić information content (AvgIpc) is 2.75. The first-order valence-electron chi connectivity index (χ1n) is 7.31. The third-order valence-electron chi connectivity index (χ3n) is 3.71. The smallest absolute Gasteiger partial charge is 0.188 e. The van der Waals surface area contributed by atoms with Crippen molar-refractivity contribution in [2.75, 3.05) is 6.54 Å². The lowest BCUT2D eigenvalue weighted by Crippen LogP contribution is -2.38. The molecule has 0 radical (unpaired) electrons. The molecule has 0 spiro atoms. The minimum absolute atomic E-state index is 0.355. The highest BCUT2D eigenvalue weighted by molar-refractivity contribution is 6.31. The summed E-state index contributed by atoms with van der Waals surface area (Å²) in [5.41, 5.74) is 8.28. The second kappa shape index (κ2) is 6.85. The highest BCUT2D eigenvalue weighted by atomic mass is 35.5. The first-order chi connectivity index (χ1) is 10.0. The highest BCUT2D eigenvalue weighted by Gasteiger charge is 2.07. The molecular formula is C16H23ClN4. The maximum atomic E-state index is 6.05. The Hall–Kier alpha value is -1.68. The normalized spacial score (nSPS) is 13.6. The predicted molar refractivity (Wildman–Crippen MR) is 91.0 cm³/mol. The standard InChI is InChI=1S/C16H23ClN4/c1-4-11(2)20-16(18)19-8-7-12-10-21(3)15-9-13(17)5-6-14(12)15/h5-6,9-11H,4,7-8H2,1-3H3,(H3,18,19,20). The van der Waals surface area contributed by atoms with Crippen molar-refractivity contribution in [3.8, 4) is 0 Å². The van der Waals surface area contributed by atoms with E-state index in [4.69, 9.17) is 17.3 Å². The summed E-state index contributed by atoms with van der Waals surface area (Å²) >= 11 is 6.05. The number of aromatic nitrogens is 1. The van der Waals surface area contributed by atoms with Gasteiger partial charge in [-0.3, -0.25) is 4.99 Å². The molecule has 0 aliphatic heterocycles. The van der Waals surface area contributed by atoms with E-state index in [1.165, 1.54) is 10.9 Å². The number of nitrogens with two attached hydrogens (primary N) is 1. The van der Waals surface area contributed by atoms with Gasteiger partial charge in [0.05, 0.1) is 0 Å². The fraction of sp³-hybridized carbons (Fsp3) is 0.438. The molecule has 21 heavy (non-hydrogen) atoms. The van der Waals surface area contributed by atoms with Gasteiger partial charge in [-0.05, 0) is 37.5 Å². The first kappa shape index (κ1) is 15.7. The number of aliphatic imine (C=N–C) groups is 1. The number of guanidine groups is 1. The molecule has 3 N–H and O–H groups in total. The Balaban J connectivity index is 2.06. The number of fused-ring (bicyclic) bond motifs is 1.